The molecule has 1 aromatic rings. The fourth-order valence-electron chi connectivity index (χ4n) is 2.12. The van der Waals surface area contributed by atoms with Crippen LogP contribution in [0.3, 0.4) is 0 Å². The quantitative estimate of drug-likeness (QED) is 0.173. The van der Waals surface area contributed by atoms with Gasteiger partial charge in [-0.05, 0) is 19.8 Å². The van der Waals surface area contributed by atoms with Gasteiger partial charge < -0.3 is 17.8 Å². The topological polar surface area (TPSA) is 179 Å². The highest BCUT2D eigenvalue weighted by Gasteiger charge is 2.52. The van der Waals surface area contributed by atoms with Crippen LogP contribution in [0.25, 0.3) is 0 Å². The third-order valence-electron chi connectivity index (χ3n) is 3.65. The van der Waals surface area contributed by atoms with E-state index in [1.165, 1.54) is 21.1 Å². The van der Waals surface area contributed by atoms with Crippen molar-refractivity contribution in [3.05, 3.63) is 18.2 Å². The molecule has 0 saturated heterocycles. The molecule has 0 aromatic carbocycles. The third kappa shape index (κ3) is 10.0. The normalized spacial score (nSPS) is 13.7. The highest BCUT2D eigenvalue weighted by atomic mass is 32.3. The van der Waals surface area contributed by atoms with Crippen LogP contribution in [0.5, 0.6) is 0 Å². The van der Waals surface area contributed by atoms with Gasteiger partial charge in [0.15, 0.2) is 0 Å². The lowest BCUT2D eigenvalue weighted by Crippen LogP contribution is -2.70. The molecule has 15 heteroatoms. The Hall–Kier alpha value is -0.913. The van der Waals surface area contributed by atoms with Gasteiger partial charge in [0.05, 0.1) is 5.25 Å². The highest BCUT2D eigenvalue weighted by Crippen LogP contribution is 2.10. The van der Waals surface area contributed by atoms with E-state index in [0.717, 1.165) is 18.7 Å². The first-order chi connectivity index (χ1) is 12.8. The fourth-order valence-corrected chi connectivity index (χ4v) is 4.64. The number of imidazole rings is 1. The summed E-state index contributed by atoms with van der Waals surface area (Å²) in [7, 11) is -8.98. The highest BCUT2D eigenvalue weighted by molar-refractivity contribution is 7.86. The number of aromatic nitrogens is 2. The average Bonchev–Trinajstić information content (AvgIpc) is 3.04. The van der Waals surface area contributed by atoms with Gasteiger partial charge in [0.1, 0.15) is 12.4 Å². The molecule has 3 N–H and O–H groups in total. The molecule has 1 unspecified atom stereocenters. The van der Waals surface area contributed by atoms with Crippen molar-refractivity contribution in [3.63, 3.8) is 0 Å². The lowest BCUT2D eigenvalue weighted by atomic mass is 10.2. The van der Waals surface area contributed by atoms with Crippen molar-refractivity contribution in [2.75, 3.05) is 20.8 Å². The molecule has 1 rings (SSSR count). The Balaban J connectivity index is 0.00000129. The van der Waals surface area contributed by atoms with Crippen LogP contribution in [0.4, 0.5) is 0 Å². The number of nitrogens with one attached hydrogen (secondary N) is 1. The van der Waals surface area contributed by atoms with Crippen LogP contribution in [0.2, 0.25) is 0 Å². The number of unbranched alkanes of at least 4 members (excludes halogenated alkanes) is 1. The second-order valence-corrected chi connectivity index (χ2v) is 11.0. The van der Waals surface area contributed by atoms with Gasteiger partial charge in [0, 0.05) is 27.2 Å². The Labute approximate surface area is 166 Å². The van der Waals surface area contributed by atoms with Crippen molar-refractivity contribution in [2.45, 2.75) is 44.8 Å². The van der Waals surface area contributed by atoms with Crippen molar-refractivity contribution in [3.8, 4) is 0 Å². The molecule has 0 saturated carbocycles. The van der Waals surface area contributed by atoms with Gasteiger partial charge in [-0.2, -0.15) is 8.42 Å². The number of hydrogen-bond acceptors (Lipinski definition) is 8. The standard InChI is InChI=1S/C13H26N2O6SSi.H2O4S/c1-5-6-11-21-23(19-3,20-4)15-10-9-14-13(15)8-7-12(2)22(16,17)18;1-5(2,3)4/h9-10,12H,5-8,11H2,1-4H3,(H,16,17,18);(H2,1,2,3,4). The van der Waals surface area contributed by atoms with Gasteiger partial charge >= 0.3 is 8.97 Å². The summed E-state index contributed by atoms with van der Waals surface area (Å²) in [6.07, 6.45) is 6.05. The Bertz CT molecular complexity index is 769. The van der Waals surface area contributed by atoms with Gasteiger partial charge in [-0.3, -0.25) is 9.11 Å². The van der Waals surface area contributed by atoms with E-state index in [4.69, 9.17) is 35.4 Å². The molecule has 1 aromatic heterocycles. The smallest absolute Gasteiger partial charge is 0.726 e. The van der Waals surface area contributed by atoms with Crippen molar-refractivity contribution in [2.24, 2.45) is 0 Å². The van der Waals surface area contributed by atoms with Crippen molar-refractivity contribution in [1.29, 1.82) is 0 Å². The number of hydrogen-bond donors (Lipinski definition) is 3. The minimum atomic E-state index is -4.92. The minimum absolute atomic E-state index is 0.270. The Morgan fingerprint density at radius 1 is 1.25 bits per heavy atom. The van der Waals surface area contributed by atoms with Crippen LogP contribution in [0, 0.1) is 0 Å². The van der Waals surface area contributed by atoms with Crippen molar-refractivity contribution < 1.29 is 48.0 Å². The number of aryl methyl sites for hydroxylation is 1. The zero-order valence-electron chi connectivity index (χ0n) is 16.2. The Kier molecular flexibility index (Phi) is 11.5. The van der Waals surface area contributed by atoms with Gasteiger partial charge in [0.25, 0.3) is 10.1 Å². The summed E-state index contributed by atoms with van der Waals surface area (Å²) >= 11 is 0. The lowest BCUT2D eigenvalue weighted by Gasteiger charge is -2.22. The Morgan fingerprint density at radius 2 is 1.79 bits per heavy atom. The average molecular weight is 465 g/mol. The summed E-state index contributed by atoms with van der Waals surface area (Å²) in [6.45, 7) is 4.05. The molecule has 0 aliphatic rings. The van der Waals surface area contributed by atoms with E-state index in [-0.39, 0.29) is 6.42 Å². The van der Waals surface area contributed by atoms with E-state index < -0.39 is 34.7 Å². The predicted molar refractivity (Wildman–Crippen MR) is 98.7 cm³/mol. The van der Waals surface area contributed by atoms with Crippen LogP contribution in [0.15, 0.2) is 12.4 Å². The SMILES string of the molecule is CCCCO[Si](OC)(OC)[n+]1cc[nH]c1CCC(C)S(=O)(=O)O.O=S(=O)([O-])O. The zero-order valence-corrected chi connectivity index (χ0v) is 18.8. The monoisotopic (exact) mass is 464 g/mol. The number of aromatic amines is 1. The lowest BCUT2D eigenvalue weighted by molar-refractivity contribution is -0.601. The number of H-pyrrole nitrogens is 1. The fraction of sp³-hybridized carbons (Fsp3) is 0.769. The van der Waals surface area contributed by atoms with E-state index in [1.807, 2.05) is 0 Å². The maximum atomic E-state index is 11.1. The molecule has 0 aliphatic carbocycles. The van der Waals surface area contributed by atoms with Crippen molar-refractivity contribution >= 4 is 29.5 Å². The van der Waals surface area contributed by atoms with Crippen LogP contribution in [0.1, 0.15) is 38.9 Å². The number of nitrogens with zero attached hydrogens (tertiary/aromatic N) is 1. The summed E-state index contributed by atoms with van der Waals surface area (Å²) in [5, 5.41) is -0.846. The molecule has 1 heterocycles. The summed E-state index contributed by atoms with van der Waals surface area (Å²) in [6, 6.07) is 0. The maximum absolute atomic E-state index is 11.1. The molecular weight excluding hydrogens is 436 g/mol. The van der Waals surface area contributed by atoms with E-state index in [9.17, 15) is 8.42 Å². The van der Waals surface area contributed by atoms with E-state index in [0.29, 0.717) is 13.0 Å². The Morgan fingerprint density at radius 3 is 2.21 bits per heavy atom. The molecule has 28 heavy (non-hydrogen) atoms. The van der Waals surface area contributed by atoms with E-state index >= 15 is 0 Å². The summed E-state index contributed by atoms with van der Waals surface area (Å²) < 4.78 is 83.0. The predicted octanol–water partition coefficient (Wildman–Crippen LogP) is -0.0911. The molecular formula is C13H28N2O10S2Si. The van der Waals surface area contributed by atoms with Crippen LogP contribution >= 0.6 is 0 Å². The molecule has 0 radical (unpaired) electrons. The van der Waals surface area contributed by atoms with Crippen LogP contribution in [-0.2, 0) is 40.2 Å². The third-order valence-corrected chi connectivity index (χ3v) is 7.52. The number of rotatable bonds is 11. The molecule has 0 fully saturated rings. The van der Waals surface area contributed by atoms with Gasteiger partial charge in [-0.15, -0.1) is 0 Å². The second-order valence-electron chi connectivity index (χ2n) is 5.70. The molecule has 1 atom stereocenters. The molecule has 0 spiro atoms. The van der Waals surface area contributed by atoms with E-state index in [1.54, 1.807) is 16.6 Å². The second kappa shape index (κ2) is 11.9. The van der Waals surface area contributed by atoms with Crippen LogP contribution < -0.4 is 4.23 Å². The zero-order chi connectivity index (χ0) is 22.0. The van der Waals surface area contributed by atoms with Gasteiger partial charge in [-0.25, -0.2) is 17.6 Å². The van der Waals surface area contributed by atoms with Gasteiger partial charge in [-0.1, -0.05) is 13.3 Å². The van der Waals surface area contributed by atoms with Gasteiger partial charge in [0.2, 0.25) is 16.2 Å². The first kappa shape index (κ1) is 27.1. The first-order valence-corrected chi connectivity index (χ1v) is 12.8. The van der Waals surface area contributed by atoms with Crippen molar-refractivity contribution in [1.82, 2.24) is 4.98 Å². The summed E-state index contributed by atoms with van der Waals surface area (Å²) in [4.78, 5) is 3.06. The molecule has 0 bridgehead atoms. The first-order valence-electron chi connectivity index (χ1n) is 8.28. The molecule has 0 aliphatic heterocycles. The van der Waals surface area contributed by atoms with E-state index in [2.05, 4.69) is 11.9 Å². The minimum Gasteiger partial charge on any atom is -0.726 e. The van der Waals surface area contributed by atoms with Crippen LogP contribution in [-0.4, -0.2) is 70.5 Å². The molecule has 0 amide bonds. The molecule has 166 valence electrons. The maximum Gasteiger partial charge on any atom is 0.756 e. The molecule has 12 nitrogen and oxygen atoms in total. The largest absolute Gasteiger partial charge is 0.756 e. The summed E-state index contributed by atoms with van der Waals surface area (Å²) in [5.41, 5.74) is 0. The summed E-state index contributed by atoms with van der Waals surface area (Å²) in [5.74, 6) is 0.729.